The predicted octanol–water partition coefficient (Wildman–Crippen LogP) is 1.60. The van der Waals surface area contributed by atoms with Crippen LogP contribution in [0.2, 0.25) is 0 Å². The maximum Gasteiger partial charge on any atom is 0.254 e. The van der Waals surface area contributed by atoms with Crippen LogP contribution in [0.1, 0.15) is 49.4 Å². The van der Waals surface area contributed by atoms with Crippen molar-refractivity contribution < 1.29 is 18.0 Å². The third-order valence-electron chi connectivity index (χ3n) is 5.52. The van der Waals surface area contributed by atoms with E-state index < -0.39 is 15.6 Å². The lowest BCUT2D eigenvalue weighted by Gasteiger charge is -2.43. The average Bonchev–Trinajstić information content (AvgIpc) is 3.08. The molecule has 1 aromatic rings. The van der Waals surface area contributed by atoms with Crippen LogP contribution in [0.15, 0.2) is 29.2 Å². The smallest absolute Gasteiger partial charge is 0.254 e. The number of amides is 2. The highest BCUT2D eigenvalue weighted by atomic mass is 32.2. The second-order valence-electron chi connectivity index (χ2n) is 7.34. The summed E-state index contributed by atoms with van der Waals surface area (Å²) in [5.74, 6) is -0.191. The molecular formula is C19H27N3O4S. The molecule has 0 aromatic heterocycles. The standard InChI is InChI=1S/C19H27N3O4S/c1-3-12-20-27(25,26)16-8-6-15(7-9-16)17(23)22-14-5-11-19(22)10-4-13-21(2)18(19)24/h6-9,20H,3-5,10-14H2,1-2H3. The summed E-state index contributed by atoms with van der Waals surface area (Å²) in [5.41, 5.74) is -0.330. The van der Waals surface area contributed by atoms with Crippen LogP contribution in [-0.4, -0.2) is 62.3 Å². The number of carbonyl (C=O) groups is 2. The van der Waals surface area contributed by atoms with Crippen LogP contribution in [0.25, 0.3) is 0 Å². The van der Waals surface area contributed by atoms with Gasteiger partial charge in [0.25, 0.3) is 5.91 Å². The van der Waals surface area contributed by atoms with Crippen molar-refractivity contribution in [2.75, 3.05) is 26.7 Å². The fourth-order valence-corrected chi connectivity index (χ4v) is 5.22. The first-order valence-electron chi connectivity index (χ1n) is 9.49. The average molecular weight is 394 g/mol. The molecule has 2 heterocycles. The lowest BCUT2D eigenvalue weighted by atomic mass is 9.85. The van der Waals surface area contributed by atoms with Crippen LogP contribution in [0.5, 0.6) is 0 Å². The van der Waals surface area contributed by atoms with E-state index in [1.807, 2.05) is 6.92 Å². The number of sulfonamides is 1. The molecule has 3 rings (SSSR count). The molecule has 1 atom stereocenters. The third kappa shape index (κ3) is 3.60. The molecule has 2 fully saturated rings. The number of benzene rings is 1. The van der Waals surface area contributed by atoms with E-state index in [0.717, 1.165) is 19.4 Å². The Kier molecular flexibility index (Phi) is 5.58. The topological polar surface area (TPSA) is 86.8 Å². The maximum atomic E-state index is 13.1. The van der Waals surface area contributed by atoms with Crippen LogP contribution >= 0.6 is 0 Å². The zero-order valence-corrected chi connectivity index (χ0v) is 16.7. The Hall–Kier alpha value is -1.93. The van der Waals surface area contributed by atoms with Gasteiger partial charge in [0.15, 0.2) is 0 Å². The summed E-state index contributed by atoms with van der Waals surface area (Å²) in [4.78, 5) is 29.5. The van der Waals surface area contributed by atoms with Crippen LogP contribution in [-0.2, 0) is 14.8 Å². The van der Waals surface area contributed by atoms with Crippen molar-refractivity contribution in [3.8, 4) is 0 Å². The van der Waals surface area contributed by atoms with Crippen molar-refractivity contribution in [3.63, 3.8) is 0 Å². The third-order valence-corrected chi connectivity index (χ3v) is 6.99. The van der Waals surface area contributed by atoms with E-state index in [2.05, 4.69) is 4.72 Å². The molecule has 1 N–H and O–H groups in total. The molecule has 0 radical (unpaired) electrons. The normalized spacial score (nSPS) is 23.3. The predicted molar refractivity (Wildman–Crippen MR) is 102 cm³/mol. The Morgan fingerprint density at radius 2 is 1.78 bits per heavy atom. The highest BCUT2D eigenvalue weighted by Crippen LogP contribution is 2.38. The second kappa shape index (κ2) is 7.59. The maximum absolute atomic E-state index is 13.1. The molecule has 0 bridgehead atoms. The van der Waals surface area contributed by atoms with Gasteiger partial charge < -0.3 is 9.80 Å². The van der Waals surface area contributed by atoms with Crippen LogP contribution in [0.3, 0.4) is 0 Å². The molecule has 7 nitrogen and oxygen atoms in total. The minimum absolute atomic E-state index is 0.0163. The first kappa shape index (κ1) is 19.8. The Bertz CT molecular complexity index is 822. The summed E-state index contributed by atoms with van der Waals surface area (Å²) in [7, 11) is -1.78. The molecule has 2 amide bonds. The van der Waals surface area contributed by atoms with Gasteiger partial charge >= 0.3 is 0 Å². The van der Waals surface area contributed by atoms with Gasteiger partial charge in [-0.3, -0.25) is 9.59 Å². The highest BCUT2D eigenvalue weighted by molar-refractivity contribution is 7.89. The van der Waals surface area contributed by atoms with Crippen LogP contribution in [0, 0.1) is 0 Å². The monoisotopic (exact) mass is 393 g/mol. The molecule has 1 spiro atoms. The van der Waals surface area contributed by atoms with Gasteiger partial charge in [-0.2, -0.15) is 0 Å². The fourth-order valence-electron chi connectivity index (χ4n) is 4.08. The van der Waals surface area contributed by atoms with Crippen molar-refractivity contribution in [2.24, 2.45) is 0 Å². The number of hydrogen-bond donors (Lipinski definition) is 1. The molecular weight excluding hydrogens is 366 g/mol. The minimum Gasteiger partial charge on any atom is -0.344 e. The number of piperidine rings is 1. The first-order valence-corrected chi connectivity index (χ1v) is 11.0. The zero-order chi connectivity index (χ0) is 19.7. The number of likely N-dealkylation sites (tertiary alicyclic amines) is 2. The van der Waals surface area contributed by atoms with Gasteiger partial charge in [0.2, 0.25) is 15.9 Å². The lowest BCUT2D eigenvalue weighted by Crippen LogP contribution is -2.60. The Morgan fingerprint density at radius 1 is 1.15 bits per heavy atom. The molecule has 1 unspecified atom stereocenters. The van der Waals surface area contributed by atoms with Gasteiger partial charge in [0.05, 0.1) is 4.90 Å². The van der Waals surface area contributed by atoms with Crippen molar-refractivity contribution in [3.05, 3.63) is 29.8 Å². The van der Waals surface area contributed by atoms with E-state index in [4.69, 9.17) is 0 Å². The number of carbonyl (C=O) groups excluding carboxylic acids is 2. The van der Waals surface area contributed by atoms with Crippen LogP contribution < -0.4 is 4.72 Å². The molecule has 0 saturated carbocycles. The molecule has 8 heteroatoms. The molecule has 2 aliphatic heterocycles. The summed E-state index contributed by atoms with van der Waals surface area (Å²) in [6, 6.07) is 5.96. The largest absolute Gasteiger partial charge is 0.344 e. The molecule has 148 valence electrons. The Morgan fingerprint density at radius 3 is 2.41 bits per heavy atom. The van der Waals surface area contributed by atoms with E-state index in [-0.39, 0.29) is 16.7 Å². The molecule has 1 aromatic carbocycles. The number of nitrogens with one attached hydrogen (secondary N) is 1. The Balaban J connectivity index is 1.82. The van der Waals surface area contributed by atoms with Gasteiger partial charge in [0.1, 0.15) is 5.54 Å². The number of likely N-dealkylation sites (N-methyl/N-ethyl adjacent to an activating group) is 1. The van der Waals surface area contributed by atoms with Crippen molar-refractivity contribution >= 4 is 21.8 Å². The quantitative estimate of drug-likeness (QED) is 0.823. The van der Waals surface area contributed by atoms with E-state index in [9.17, 15) is 18.0 Å². The molecule has 2 saturated heterocycles. The second-order valence-corrected chi connectivity index (χ2v) is 9.11. The molecule has 27 heavy (non-hydrogen) atoms. The fraction of sp³-hybridized carbons (Fsp3) is 0.579. The molecule has 0 aliphatic carbocycles. The summed E-state index contributed by atoms with van der Waals surface area (Å²) < 4.78 is 26.9. The van der Waals surface area contributed by atoms with Crippen molar-refractivity contribution in [1.82, 2.24) is 14.5 Å². The summed E-state index contributed by atoms with van der Waals surface area (Å²) in [6.45, 7) is 3.53. The van der Waals surface area contributed by atoms with Crippen LogP contribution in [0.4, 0.5) is 0 Å². The molecule has 2 aliphatic rings. The number of nitrogens with zero attached hydrogens (tertiary/aromatic N) is 2. The highest BCUT2D eigenvalue weighted by Gasteiger charge is 2.52. The Labute approximate surface area is 160 Å². The van der Waals surface area contributed by atoms with E-state index >= 15 is 0 Å². The van der Waals surface area contributed by atoms with Crippen molar-refractivity contribution in [1.29, 1.82) is 0 Å². The summed E-state index contributed by atoms with van der Waals surface area (Å²) in [6.07, 6.45) is 3.77. The summed E-state index contributed by atoms with van der Waals surface area (Å²) >= 11 is 0. The van der Waals surface area contributed by atoms with E-state index in [1.165, 1.54) is 24.3 Å². The lowest BCUT2D eigenvalue weighted by molar-refractivity contribution is -0.144. The van der Waals surface area contributed by atoms with E-state index in [1.54, 1.807) is 16.8 Å². The van der Waals surface area contributed by atoms with Gasteiger partial charge in [-0.05, 0) is 56.4 Å². The van der Waals surface area contributed by atoms with E-state index in [0.29, 0.717) is 37.9 Å². The van der Waals surface area contributed by atoms with Gasteiger partial charge in [0, 0.05) is 32.2 Å². The first-order chi connectivity index (χ1) is 12.8. The summed E-state index contributed by atoms with van der Waals surface area (Å²) in [5, 5.41) is 0. The van der Waals surface area contributed by atoms with Gasteiger partial charge in [-0.1, -0.05) is 6.92 Å². The number of hydrogen-bond acceptors (Lipinski definition) is 4. The van der Waals surface area contributed by atoms with Gasteiger partial charge in [-0.15, -0.1) is 0 Å². The van der Waals surface area contributed by atoms with Gasteiger partial charge in [-0.25, -0.2) is 13.1 Å². The minimum atomic E-state index is -3.56. The SMILES string of the molecule is CCCNS(=O)(=O)c1ccc(C(=O)N2CCCC23CCCN(C)C3=O)cc1. The van der Waals surface area contributed by atoms with Crippen molar-refractivity contribution in [2.45, 2.75) is 49.5 Å². The zero-order valence-electron chi connectivity index (χ0n) is 15.9. The number of rotatable bonds is 5.